The molecule has 0 bridgehead atoms. The molecule has 3 N–H and O–H groups in total. The van der Waals surface area contributed by atoms with Gasteiger partial charge in [-0.05, 0) is 19.3 Å². The number of rotatable bonds is 20. The van der Waals surface area contributed by atoms with Crippen LogP contribution in [0.25, 0.3) is 0 Å². The van der Waals surface area contributed by atoms with E-state index in [2.05, 4.69) is 0 Å². The van der Waals surface area contributed by atoms with E-state index in [1.807, 2.05) is 6.92 Å². The van der Waals surface area contributed by atoms with Gasteiger partial charge in [-0.1, -0.05) is 77.6 Å². The topological polar surface area (TPSA) is 87.0 Å². The van der Waals surface area contributed by atoms with Crippen molar-refractivity contribution in [2.45, 2.75) is 103 Å². The first-order chi connectivity index (χ1) is 13.1. The summed E-state index contributed by atoms with van der Waals surface area (Å²) in [7, 11) is 0. The van der Waals surface area contributed by atoms with Gasteiger partial charge in [-0.25, -0.2) is 0 Å². The molecular formula is C22H44O5. The second-order valence-electron chi connectivity index (χ2n) is 7.90. The van der Waals surface area contributed by atoms with Gasteiger partial charge >= 0.3 is 5.97 Å². The Balaban J connectivity index is 3.38. The van der Waals surface area contributed by atoms with Crippen molar-refractivity contribution in [2.75, 3.05) is 26.4 Å². The summed E-state index contributed by atoms with van der Waals surface area (Å²) in [6, 6.07) is 0. The molecule has 0 saturated carbocycles. The lowest BCUT2D eigenvalue weighted by Crippen LogP contribution is -2.35. The second-order valence-corrected chi connectivity index (χ2v) is 7.90. The molecular weight excluding hydrogens is 344 g/mol. The van der Waals surface area contributed by atoms with Crippen molar-refractivity contribution in [1.29, 1.82) is 0 Å². The number of hydrogen-bond acceptors (Lipinski definition) is 5. The maximum absolute atomic E-state index is 11.8. The van der Waals surface area contributed by atoms with Crippen LogP contribution in [-0.2, 0) is 9.53 Å². The Morgan fingerprint density at radius 2 is 1.11 bits per heavy atom. The number of esters is 1. The minimum absolute atomic E-state index is 0.0940. The number of ether oxygens (including phenoxy) is 1. The molecule has 0 heterocycles. The summed E-state index contributed by atoms with van der Waals surface area (Å²) in [5.41, 5.74) is -0.699. The summed E-state index contributed by atoms with van der Waals surface area (Å²) in [5.74, 6) is -0.228. The molecule has 162 valence electrons. The van der Waals surface area contributed by atoms with E-state index in [-0.39, 0.29) is 25.8 Å². The number of carbonyl (C=O) groups is 1. The minimum Gasteiger partial charge on any atom is -0.465 e. The summed E-state index contributed by atoms with van der Waals surface area (Å²) >= 11 is 0. The molecule has 0 radical (unpaired) electrons. The predicted octanol–water partition coefficient (Wildman–Crippen LogP) is 4.36. The van der Waals surface area contributed by atoms with Gasteiger partial charge in [0, 0.05) is 13.0 Å². The van der Waals surface area contributed by atoms with Crippen molar-refractivity contribution in [3.63, 3.8) is 0 Å². The minimum atomic E-state index is -0.699. The second kappa shape index (κ2) is 18.7. The third-order valence-corrected chi connectivity index (χ3v) is 5.50. The smallest absolute Gasteiger partial charge is 0.305 e. The third kappa shape index (κ3) is 15.0. The number of hydrogen-bond donors (Lipinski definition) is 3. The lowest BCUT2D eigenvalue weighted by Gasteiger charge is -2.27. The zero-order valence-electron chi connectivity index (χ0n) is 17.6. The van der Waals surface area contributed by atoms with E-state index in [1.54, 1.807) is 0 Å². The van der Waals surface area contributed by atoms with E-state index in [0.717, 1.165) is 25.7 Å². The average Bonchev–Trinajstić information content (AvgIpc) is 2.69. The Hall–Kier alpha value is -0.650. The largest absolute Gasteiger partial charge is 0.465 e. The number of unbranched alkanes of at least 4 members (excludes halogenated alkanes) is 12. The molecule has 0 aromatic rings. The molecule has 0 aliphatic heterocycles. The molecule has 0 fully saturated rings. The molecule has 0 amide bonds. The van der Waals surface area contributed by atoms with E-state index < -0.39 is 5.41 Å². The summed E-state index contributed by atoms with van der Waals surface area (Å²) in [6.07, 6.45) is 16.5. The van der Waals surface area contributed by atoms with Crippen LogP contribution < -0.4 is 0 Å². The number of carbonyl (C=O) groups excluding carboxylic acids is 1. The molecule has 27 heavy (non-hydrogen) atoms. The highest BCUT2D eigenvalue weighted by molar-refractivity contribution is 5.69. The molecule has 0 aromatic carbocycles. The van der Waals surface area contributed by atoms with Gasteiger partial charge in [0.2, 0.25) is 0 Å². The lowest BCUT2D eigenvalue weighted by molar-refractivity contribution is -0.149. The van der Waals surface area contributed by atoms with Crippen LogP contribution in [0.15, 0.2) is 0 Å². The Morgan fingerprint density at radius 3 is 1.48 bits per heavy atom. The molecule has 0 spiro atoms. The van der Waals surface area contributed by atoms with Gasteiger partial charge in [-0.3, -0.25) is 4.79 Å². The maximum atomic E-state index is 11.8. The van der Waals surface area contributed by atoms with Crippen LogP contribution in [0.1, 0.15) is 103 Å². The van der Waals surface area contributed by atoms with Crippen molar-refractivity contribution in [3.8, 4) is 0 Å². The van der Waals surface area contributed by atoms with Gasteiger partial charge < -0.3 is 20.1 Å². The Bertz CT molecular complexity index is 320. The van der Waals surface area contributed by atoms with Crippen molar-refractivity contribution in [3.05, 3.63) is 0 Å². The molecule has 0 aliphatic rings. The Kier molecular flexibility index (Phi) is 18.3. The quantitative estimate of drug-likeness (QED) is 0.213. The predicted molar refractivity (Wildman–Crippen MR) is 110 cm³/mol. The molecule has 0 rings (SSSR count). The molecule has 0 aromatic heterocycles. The third-order valence-electron chi connectivity index (χ3n) is 5.50. The van der Waals surface area contributed by atoms with E-state index >= 15 is 0 Å². The van der Waals surface area contributed by atoms with Crippen molar-refractivity contribution in [1.82, 2.24) is 0 Å². The SMILES string of the molecule is CCC(CO)(CO)COC(=O)CCCCCCCCCCCCCCCO. The highest BCUT2D eigenvalue weighted by Crippen LogP contribution is 2.21. The first-order valence-electron chi connectivity index (χ1n) is 11.1. The fourth-order valence-corrected chi connectivity index (χ4v) is 3.10. The Morgan fingerprint density at radius 1 is 0.704 bits per heavy atom. The molecule has 0 saturated heterocycles. The standard InChI is InChI=1S/C22H44O5/c1-2-22(18-24,19-25)20-27-21(26)16-14-12-10-8-6-4-3-5-7-9-11-13-15-17-23/h23-25H,2-20H2,1H3. The monoisotopic (exact) mass is 388 g/mol. The summed E-state index contributed by atoms with van der Waals surface area (Å²) in [4.78, 5) is 11.8. The van der Waals surface area contributed by atoms with Crippen molar-refractivity contribution >= 4 is 5.97 Å². The molecule has 0 unspecified atom stereocenters. The van der Waals surface area contributed by atoms with Gasteiger partial charge in [-0.15, -0.1) is 0 Å². The van der Waals surface area contributed by atoms with Crippen LogP contribution in [0.3, 0.4) is 0 Å². The normalized spacial score (nSPS) is 11.7. The average molecular weight is 389 g/mol. The Labute approximate surface area is 166 Å². The van der Waals surface area contributed by atoms with Crippen LogP contribution in [0, 0.1) is 5.41 Å². The maximum Gasteiger partial charge on any atom is 0.305 e. The zero-order chi connectivity index (χ0) is 20.2. The van der Waals surface area contributed by atoms with E-state index in [4.69, 9.17) is 9.84 Å². The summed E-state index contributed by atoms with van der Waals surface area (Å²) in [6.45, 7) is 1.96. The molecule has 5 heteroatoms. The van der Waals surface area contributed by atoms with Crippen LogP contribution in [0.4, 0.5) is 0 Å². The summed E-state index contributed by atoms with van der Waals surface area (Å²) < 4.78 is 5.22. The van der Waals surface area contributed by atoms with E-state index in [9.17, 15) is 15.0 Å². The van der Waals surface area contributed by atoms with Crippen molar-refractivity contribution in [2.24, 2.45) is 5.41 Å². The van der Waals surface area contributed by atoms with Crippen LogP contribution in [-0.4, -0.2) is 47.7 Å². The van der Waals surface area contributed by atoms with Crippen LogP contribution in [0.2, 0.25) is 0 Å². The van der Waals surface area contributed by atoms with Gasteiger partial charge in [0.1, 0.15) is 6.61 Å². The molecule has 5 nitrogen and oxygen atoms in total. The van der Waals surface area contributed by atoms with Crippen LogP contribution in [0.5, 0.6) is 0 Å². The van der Waals surface area contributed by atoms with E-state index in [0.29, 0.717) is 19.4 Å². The number of aliphatic hydroxyl groups excluding tert-OH is 3. The van der Waals surface area contributed by atoms with E-state index in [1.165, 1.54) is 57.8 Å². The molecule has 0 aliphatic carbocycles. The van der Waals surface area contributed by atoms with Gasteiger partial charge in [0.05, 0.1) is 18.6 Å². The first kappa shape index (κ1) is 26.4. The van der Waals surface area contributed by atoms with Crippen LogP contribution >= 0.6 is 0 Å². The fraction of sp³-hybridized carbons (Fsp3) is 0.955. The van der Waals surface area contributed by atoms with Gasteiger partial charge in [-0.2, -0.15) is 0 Å². The highest BCUT2D eigenvalue weighted by atomic mass is 16.5. The lowest BCUT2D eigenvalue weighted by atomic mass is 9.88. The molecule has 0 atom stereocenters. The van der Waals surface area contributed by atoms with Gasteiger partial charge in [0.15, 0.2) is 0 Å². The highest BCUT2D eigenvalue weighted by Gasteiger charge is 2.28. The number of aliphatic hydroxyl groups is 3. The van der Waals surface area contributed by atoms with Gasteiger partial charge in [0.25, 0.3) is 0 Å². The first-order valence-corrected chi connectivity index (χ1v) is 11.1. The fourth-order valence-electron chi connectivity index (χ4n) is 3.10. The van der Waals surface area contributed by atoms with Crippen molar-refractivity contribution < 1.29 is 24.9 Å². The zero-order valence-corrected chi connectivity index (χ0v) is 17.6. The summed E-state index contributed by atoms with van der Waals surface area (Å²) in [5, 5.41) is 27.4.